The summed E-state index contributed by atoms with van der Waals surface area (Å²) in [4.78, 5) is 22.7. The molecular weight excluding hydrogens is 268 g/mol. The molecule has 1 atom stereocenters. The SMILES string of the molecule is CC(CCNC(=O)c1cccn1C1CCC1)CCC(=O)O. The maximum Gasteiger partial charge on any atom is 0.303 e. The van der Waals surface area contributed by atoms with Crippen LogP contribution in [0.25, 0.3) is 0 Å². The molecule has 0 aliphatic heterocycles. The number of hydrogen-bond acceptors (Lipinski definition) is 2. The number of carboxylic acid groups (broad SMARTS) is 1. The highest BCUT2D eigenvalue weighted by Crippen LogP contribution is 2.32. The number of aromatic nitrogens is 1. The van der Waals surface area contributed by atoms with Gasteiger partial charge in [0.05, 0.1) is 0 Å². The minimum absolute atomic E-state index is 0.0302. The van der Waals surface area contributed by atoms with E-state index in [1.165, 1.54) is 6.42 Å². The second-order valence-electron chi connectivity index (χ2n) is 5.97. The number of carbonyl (C=O) groups excluding carboxylic acids is 1. The summed E-state index contributed by atoms with van der Waals surface area (Å²) in [5.74, 6) is -0.485. The first kappa shape index (κ1) is 15.6. The van der Waals surface area contributed by atoms with Crippen molar-refractivity contribution in [1.29, 1.82) is 0 Å². The van der Waals surface area contributed by atoms with Crippen molar-refractivity contribution in [1.82, 2.24) is 9.88 Å². The van der Waals surface area contributed by atoms with E-state index in [0.717, 1.165) is 25.0 Å². The van der Waals surface area contributed by atoms with Crippen molar-refractivity contribution < 1.29 is 14.7 Å². The van der Waals surface area contributed by atoms with Gasteiger partial charge in [-0.25, -0.2) is 0 Å². The van der Waals surface area contributed by atoms with Crippen LogP contribution in [0.15, 0.2) is 18.3 Å². The molecule has 1 saturated carbocycles. The Kier molecular flexibility index (Phi) is 5.42. The van der Waals surface area contributed by atoms with Crippen molar-refractivity contribution >= 4 is 11.9 Å². The van der Waals surface area contributed by atoms with Gasteiger partial charge < -0.3 is 15.0 Å². The summed E-state index contributed by atoms with van der Waals surface area (Å²) in [6.07, 6.45) is 7.19. The van der Waals surface area contributed by atoms with Gasteiger partial charge in [-0.15, -0.1) is 0 Å². The van der Waals surface area contributed by atoms with Crippen LogP contribution in [0.4, 0.5) is 0 Å². The first-order chi connectivity index (χ1) is 10.1. The maximum absolute atomic E-state index is 12.2. The highest BCUT2D eigenvalue weighted by atomic mass is 16.4. The molecule has 1 unspecified atom stereocenters. The first-order valence-corrected chi connectivity index (χ1v) is 7.74. The summed E-state index contributed by atoms with van der Waals surface area (Å²) < 4.78 is 2.08. The average Bonchev–Trinajstić information content (AvgIpc) is 2.83. The van der Waals surface area contributed by atoms with E-state index in [4.69, 9.17) is 5.11 Å². The smallest absolute Gasteiger partial charge is 0.303 e. The zero-order chi connectivity index (χ0) is 15.2. The predicted molar refractivity (Wildman–Crippen MR) is 80.3 cm³/mol. The van der Waals surface area contributed by atoms with Gasteiger partial charge in [0.2, 0.25) is 0 Å². The van der Waals surface area contributed by atoms with Crippen molar-refractivity contribution in [2.75, 3.05) is 6.54 Å². The Balaban J connectivity index is 1.74. The second kappa shape index (κ2) is 7.29. The van der Waals surface area contributed by atoms with Gasteiger partial charge in [0.25, 0.3) is 5.91 Å². The van der Waals surface area contributed by atoms with Crippen LogP contribution >= 0.6 is 0 Å². The van der Waals surface area contributed by atoms with Crippen molar-refractivity contribution in [3.8, 4) is 0 Å². The summed E-state index contributed by atoms with van der Waals surface area (Å²) >= 11 is 0. The number of rotatable bonds is 8. The van der Waals surface area contributed by atoms with Crippen LogP contribution in [-0.2, 0) is 4.79 Å². The second-order valence-corrected chi connectivity index (χ2v) is 5.97. The fourth-order valence-electron chi connectivity index (χ4n) is 2.61. The Hall–Kier alpha value is -1.78. The normalized spacial score (nSPS) is 16.2. The number of aliphatic carboxylic acids is 1. The fourth-order valence-corrected chi connectivity index (χ4v) is 2.61. The predicted octanol–water partition coefficient (Wildman–Crippen LogP) is 2.83. The van der Waals surface area contributed by atoms with Crippen LogP contribution in [0, 0.1) is 5.92 Å². The fraction of sp³-hybridized carbons (Fsp3) is 0.625. The third-order valence-electron chi connectivity index (χ3n) is 4.25. The van der Waals surface area contributed by atoms with E-state index >= 15 is 0 Å². The minimum atomic E-state index is -0.760. The van der Waals surface area contributed by atoms with Gasteiger partial charge >= 0.3 is 5.97 Å². The molecule has 0 spiro atoms. The minimum Gasteiger partial charge on any atom is -0.481 e. The van der Waals surface area contributed by atoms with E-state index in [2.05, 4.69) is 9.88 Å². The lowest BCUT2D eigenvalue weighted by molar-refractivity contribution is -0.137. The largest absolute Gasteiger partial charge is 0.481 e. The third-order valence-corrected chi connectivity index (χ3v) is 4.25. The molecule has 0 radical (unpaired) electrons. The summed E-state index contributed by atoms with van der Waals surface area (Å²) in [7, 11) is 0. The van der Waals surface area contributed by atoms with Gasteiger partial charge in [-0.3, -0.25) is 9.59 Å². The third kappa shape index (κ3) is 4.34. The Morgan fingerprint density at radius 1 is 1.43 bits per heavy atom. The molecule has 5 nitrogen and oxygen atoms in total. The molecule has 2 N–H and O–H groups in total. The van der Waals surface area contributed by atoms with Crippen LogP contribution in [0.2, 0.25) is 0 Å². The van der Waals surface area contributed by atoms with E-state index in [0.29, 0.717) is 24.9 Å². The van der Waals surface area contributed by atoms with Crippen LogP contribution in [0.1, 0.15) is 62.0 Å². The van der Waals surface area contributed by atoms with Crippen LogP contribution in [0.5, 0.6) is 0 Å². The van der Waals surface area contributed by atoms with Gasteiger partial charge in [-0.2, -0.15) is 0 Å². The zero-order valence-electron chi connectivity index (χ0n) is 12.5. The van der Waals surface area contributed by atoms with E-state index in [1.54, 1.807) is 0 Å². The molecule has 1 aromatic heterocycles. The molecule has 1 amide bonds. The number of carbonyl (C=O) groups is 2. The van der Waals surface area contributed by atoms with Crippen molar-refractivity contribution in [3.63, 3.8) is 0 Å². The molecule has 1 aliphatic rings. The average molecular weight is 292 g/mol. The van der Waals surface area contributed by atoms with Gasteiger partial charge in [0, 0.05) is 25.2 Å². The molecular formula is C16H24N2O3. The van der Waals surface area contributed by atoms with Crippen molar-refractivity contribution in [2.24, 2.45) is 5.92 Å². The summed E-state index contributed by atoms with van der Waals surface area (Å²) in [5.41, 5.74) is 0.734. The molecule has 5 heteroatoms. The molecule has 1 fully saturated rings. The number of nitrogens with zero attached hydrogens (tertiary/aromatic N) is 1. The molecule has 0 aromatic carbocycles. The van der Waals surface area contributed by atoms with Crippen LogP contribution in [0.3, 0.4) is 0 Å². The molecule has 116 valence electrons. The Bertz CT molecular complexity index is 491. The van der Waals surface area contributed by atoms with Crippen molar-refractivity contribution in [3.05, 3.63) is 24.0 Å². The molecule has 1 heterocycles. The van der Waals surface area contributed by atoms with Crippen LogP contribution < -0.4 is 5.32 Å². The van der Waals surface area contributed by atoms with Gasteiger partial charge in [-0.1, -0.05) is 6.92 Å². The molecule has 1 aromatic rings. The Morgan fingerprint density at radius 2 is 2.19 bits per heavy atom. The summed E-state index contributed by atoms with van der Waals surface area (Å²) in [5, 5.41) is 11.6. The topological polar surface area (TPSA) is 71.3 Å². The summed E-state index contributed by atoms with van der Waals surface area (Å²) in [6.45, 7) is 2.61. The lowest BCUT2D eigenvalue weighted by Crippen LogP contribution is -2.29. The lowest BCUT2D eigenvalue weighted by Gasteiger charge is -2.28. The number of carboxylic acids is 1. The number of hydrogen-bond donors (Lipinski definition) is 2. The number of amides is 1. The Labute approximate surface area is 125 Å². The van der Waals surface area contributed by atoms with E-state index < -0.39 is 5.97 Å². The van der Waals surface area contributed by atoms with E-state index in [9.17, 15) is 9.59 Å². The van der Waals surface area contributed by atoms with Crippen molar-refractivity contribution in [2.45, 2.75) is 51.5 Å². The summed E-state index contributed by atoms with van der Waals surface area (Å²) in [6, 6.07) is 4.26. The number of nitrogens with one attached hydrogen (secondary N) is 1. The van der Waals surface area contributed by atoms with Gasteiger partial charge in [-0.05, 0) is 50.2 Å². The highest BCUT2D eigenvalue weighted by molar-refractivity contribution is 5.92. The molecule has 0 saturated heterocycles. The van der Waals surface area contributed by atoms with Crippen LogP contribution in [-0.4, -0.2) is 28.1 Å². The highest BCUT2D eigenvalue weighted by Gasteiger charge is 2.23. The van der Waals surface area contributed by atoms with Gasteiger partial charge in [0.15, 0.2) is 0 Å². The monoisotopic (exact) mass is 292 g/mol. The Morgan fingerprint density at radius 3 is 2.81 bits per heavy atom. The van der Waals surface area contributed by atoms with E-state index in [1.807, 2.05) is 25.3 Å². The molecule has 1 aliphatic carbocycles. The standard InChI is InChI=1S/C16H24N2O3/c1-12(7-8-15(19)20)9-10-17-16(21)14-6-3-11-18(14)13-4-2-5-13/h3,6,11-13H,2,4-5,7-10H2,1H3,(H,17,21)(H,19,20). The first-order valence-electron chi connectivity index (χ1n) is 7.74. The molecule has 21 heavy (non-hydrogen) atoms. The molecule has 0 bridgehead atoms. The lowest BCUT2D eigenvalue weighted by atomic mass is 9.93. The quantitative estimate of drug-likeness (QED) is 0.774. The van der Waals surface area contributed by atoms with Gasteiger partial charge in [0.1, 0.15) is 5.69 Å². The molecule has 2 rings (SSSR count). The van der Waals surface area contributed by atoms with E-state index in [-0.39, 0.29) is 12.3 Å². The maximum atomic E-state index is 12.2. The zero-order valence-corrected chi connectivity index (χ0v) is 12.5.